The number of aryl methyl sites for hydroxylation is 1. The number of primary amides is 1. The molecule has 1 fully saturated rings. The molecule has 2 aliphatic rings. The van der Waals surface area contributed by atoms with E-state index in [0.717, 1.165) is 47.6 Å². The van der Waals surface area contributed by atoms with Gasteiger partial charge in [-0.2, -0.15) is 5.10 Å². The number of hydrogen-bond acceptors (Lipinski definition) is 4. The van der Waals surface area contributed by atoms with Gasteiger partial charge in [0.15, 0.2) is 0 Å². The zero-order chi connectivity index (χ0) is 24.1. The second-order valence-corrected chi connectivity index (χ2v) is 9.27. The Kier molecular flexibility index (Phi) is 5.36. The molecular formula is C26H26F2N4O2. The Hall–Kier alpha value is -3.39. The molecule has 2 aromatic heterocycles. The summed E-state index contributed by atoms with van der Waals surface area (Å²) in [5.74, 6) is -1.66. The molecule has 6 nitrogen and oxygen atoms in total. The van der Waals surface area contributed by atoms with Gasteiger partial charge in [-0.1, -0.05) is 12.5 Å². The zero-order valence-electron chi connectivity index (χ0n) is 18.9. The summed E-state index contributed by atoms with van der Waals surface area (Å²) < 4.78 is 28.8. The van der Waals surface area contributed by atoms with Crippen molar-refractivity contribution in [2.24, 2.45) is 11.1 Å². The number of aliphatic hydroxyl groups is 1. The first-order valence-corrected chi connectivity index (χ1v) is 11.5. The van der Waals surface area contributed by atoms with Crippen molar-refractivity contribution in [1.29, 1.82) is 0 Å². The third-order valence-corrected chi connectivity index (χ3v) is 7.66. The molecule has 5 rings (SSSR count). The van der Waals surface area contributed by atoms with Gasteiger partial charge in [-0.15, -0.1) is 0 Å². The van der Waals surface area contributed by atoms with Gasteiger partial charge in [0.05, 0.1) is 40.6 Å². The number of halogens is 2. The van der Waals surface area contributed by atoms with E-state index in [1.165, 1.54) is 12.1 Å². The van der Waals surface area contributed by atoms with E-state index in [0.29, 0.717) is 31.4 Å². The fourth-order valence-electron chi connectivity index (χ4n) is 5.82. The summed E-state index contributed by atoms with van der Waals surface area (Å²) in [6, 6.07) is 7.31. The van der Waals surface area contributed by atoms with Crippen LogP contribution in [0.3, 0.4) is 0 Å². The van der Waals surface area contributed by atoms with E-state index < -0.39 is 22.7 Å². The molecule has 3 aromatic rings. The predicted molar refractivity (Wildman–Crippen MR) is 123 cm³/mol. The quantitative estimate of drug-likeness (QED) is 0.573. The number of benzene rings is 1. The standard InChI is InChI=1S/C26H26F2N4O2/c1-2-25-13-16-14-31-32(20-5-3-18(27)4-6-20)23(16)11-17(25)7-9-26(25,34)10-8-22-21(24(29)33)12-19(28)15-30-22/h3-6,11-12,14-15,34H,2,7-10,13H2,1H3,(H2,29,33)/t25?,26-/m1/s1. The summed E-state index contributed by atoms with van der Waals surface area (Å²) in [4.78, 5) is 15.9. The molecule has 1 amide bonds. The van der Waals surface area contributed by atoms with Crippen molar-refractivity contribution in [3.8, 4) is 5.69 Å². The highest BCUT2D eigenvalue weighted by Crippen LogP contribution is 2.58. The summed E-state index contributed by atoms with van der Waals surface area (Å²) in [5, 5.41) is 16.5. The first-order valence-electron chi connectivity index (χ1n) is 11.5. The number of pyridine rings is 1. The topological polar surface area (TPSA) is 94.0 Å². The fourth-order valence-corrected chi connectivity index (χ4v) is 5.82. The normalized spacial score (nSPS) is 23.4. The molecule has 2 atom stereocenters. The molecule has 0 radical (unpaired) electrons. The highest BCUT2D eigenvalue weighted by molar-refractivity contribution is 5.93. The van der Waals surface area contributed by atoms with E-state index in [9.17, 15) is 18.7 Å². The number of nitrogens with two attached hydrogens (primary N) is 1. The lowest BCUT2D eigenvalue weighted by Crippen LogP contribution is -2.47. The Labute approximate surface area is 196 Å². The minimum absolute atomic E-state index is 0.0504. The molecule has 0 bridgehead atoms. The van der Waals surface area contributed by atoms with E-state index >= 15 is 0 Å². The van der Waals surface area contributed by atoms with E-state index in [-0.39, 0.29) is 11.4 Å². The molecule has 1 unspecified atom stereocenters. The predicted octanol–water partition coefficient (Wildman–Crippen LogP) is 4.14. The molecule has 0 spiro atoms. The van der Waals surface area contributed by atoms with E-state index in [4.69, 9.17) is 5.73 Å². The second-order valence-electron chi connectivity index (χ2n) is 9.27. The maximum Gasteiger partial charge on any atom is 0.250 e. The number of aromatic nitrogens is 3. The van der Waals surface area contributed by atoms with Gasteiger partial charge in [-0.25, -0.2) is 13.5 Å². The van der Waals surface area contributed by atoms with Crippen LogP contribution in [0, 0.1) is 17.0 Å². The maximum absolute atomic E-state index is 13.6. The molecule has 0 aliphatic heterocycles. The number of amides is 1. The van der Waals surface area contributed by atoms with Gasteiger partial charge >= 0.3 is 0 Å². The van der Waals surface area contributed by atoms with Crippen molar-refractivity contribution in [2.75, 3.05) is 0 Å². The van der Waals surface area contributed by atoms with Crippen LogP contribution in [0.5, 0.6) is 0 Å². The van der Waals surface area contributed by atoms with E-state index in [2.05, 4.69) is 23.1 Å². The van der Waals surface area contributed by atoms with Crippen molar-refractivity contribution in [3.63, 3.8) is 0 Å². The number of nitrogens with zero attached hydrogens (tertiary/aromatic N) is 3. The van der Waals surface area contributed by atoms with Crippen molar-refractivity contribution >= 4 is 12.0 Å². The number of carbonyl (C=O) groups excluding carboxylic acids is 1. The molecule has 1 saturated carbocycles. The second kappa shape index (κ2) is 8.13. The van der Waals surface area contributed by atoms with Gasteiger partial charge < -0.3 is 10.8 Å². The van der Waals surface area contributed by atoms with Gasteiger partial charge in [0.25, 0.3) is 5.91 Å². The first kappa shape index (κ1) is 22.4. The lowest BCUT2D eigenvalue weighted by molar-refractivity contribution is -0.0570. The lowest BCUT2D eigenvalue weighted by atomic mass is 9.63. The summed E-state index contributed by atoms with van der Waals surface area (Å²) in [6.07, 6.45) is 8.35. The van der Waals surface area contributed by atoms with Crippen LogP contribution in [0.25, 0.3) is 11.8 Å². The molecule has 2 heterocycles. The van der Waals surface area contributed by atoms with E-state index in [1.54, 1.807) is 16.8 Å². The molecule has 8 heteroatoms. The van der Waals surface area contributed by atoms with Gasteiger partial charge in [0.2, 0.25) is 0 Å². The summed E-state index contributed by atoms with van der Waals surface area (Å²) >= 11 is 0. The van der Waals surface area contributed by atoms with Crippen LogP contribution < -0.4 is 5.73 Å². The minimum atomic E-state index is -1.02. The molecule has 34 heavy (non-hydrogen) atoms. The van der Waals surface area contributed by atoms with Crippen LogP contribution in [-0.2, 0) is 12.8 Å². The number of rotatable bonds is 6. The Morgan fingerprint density at radius 1 is 1.21 bits per heavy atom. The van der Waals surface area contributed by atoms with Crippen molar-refractivity contribution in [1.82, 2.24) is 14.8 Å². The smallest absolute Gasteiger partial charge is 0.250 e. The van der Waals surface area contributed by atoms with Gasteiger partial charge in [-0.3, -0.25) is 9.78 Å². The molecular weight excluding hydrogens is 438 g/mol. The minimum Gasteiger partial charge on any atom is -0.389 e. The Morgan fingerprint density at radius 2 is 1.97 bits per heavy atom. The summed E-state index contributed by atoms with van der Waals surface area (Å²) in [5.41, 5.74) is 8.29. The van der Waals surface area contributed by atoms with Crippen LogP contribution >= 0.6 is 0 Å². The molecule has 1 aromatic carbocycles. The summed E-state index contributed by atoms with van der Waals surface area (Å²) in [6.45, 7) is 2.07. The van der Waals surface area contributed by atoms with Gasteiger partial charge in [-0.05, 0) is 80.5 Å². The van der Waals surface area contributed by atoms with Crippen LogP contribution in [0.1, 0.15) is 59.9 Å². The SMILES string of the molecule is CCC12Cc3cnn(-c4ccc(F)cc4)c3C=C1CC[C@@]2(O)CCc1ncc(F)cc1C(N)=O. The van der Waals surface area contributed by atoms with Crippen molar-refractivity contribution in [2.45, 2.75) is 51.0 Å². The van der Waals surface area contributed by atoms with Crippen molar-refractivity contribution < 1.29 is 18.7 Å². The van der Waals surface area contributed by atoms with Gasteiger partial charge in [0.1, 0.15) is 11.6 Å². The largest absolute Gasteiger partial charge is 0.389 e. The third kappa shape index (κ3) is 3.44. The zero-order valence-corrected chi connectivity index (χ0v) is 18.9. The van der Waals surface area contributed by atoms with Crippen LogP contribution in [0.15, 0.2) is 48.3 Å². The maximum atomic E-state index is 13.6. The van der Waals surface area contributed by atoms with Gasteiger partial charge in [0, 0.05) is 5.41 Å². The molecule has 3 N–H and O–H groups in total. The Balaban J connectivity index is 1.46. The summed E-state index contributed by atoms with van der Waals surface area (Å²) in [7, 11) is 0. The highest BCUT2D eigenvalue weighted by Gasteiger charge is 2.56. The van der Waals surface area contributed by atoms with Crippen LogP contribution in [0.4, 0.5) is 8.78 Å². The third-order valence-electron chi connectivity index (χ3n) is 7.66. The number of fused-ring (bicyclic) bond motifs is 2. The first-order chi connectivity index (χ1) is 16.3. The number of hydrogen-bond donors (Lipinski definition) is 2. The monoisotopic (exact) mass is 464 g/mol. The lowest BCUT2D eigenvalue weighted by Gasteiger charge is -2.45. The van der Waals surface area contributed by atoms with Crippen molar-refractivity contribution in [3.05, 3.63) is 82.4 Å². The molecule has 2 aliphatic carbocycles. The Morgan fingerprint density at radius 3 is 2.68 bits per heavy atom. The Bertz CT molecular complexity index is 1300. The fraction of sp³-hybridized carbons (Fsp3) is 0.346. The highest BCUT2D eigenvalue weighted by atomic mass is 19.1. The average Bonchev–Trinajstić information content (AvgIpc) is 3.36. The molecule has 176 valence electrons. The van der Waals surface area contributed by atoms with Crippen LogP contribution in [-0.4, -0.2) is 31.4 Å². The number of carbonyl (C=O) groups is 1. The van der Waals surface area contributed by atoms with E-state index in [1.807, 2.05) is 6.20 Å². The molecule has 0 saturated heterocycles. The van der Waals surface area contributed by atoms with Crippen LogP contribution in [0.2, 0.25) is 0 Å². The average molecular weight is 465 g/mol.